The quantitative estimate of drug-likeness (QED) is 0.531. The lowest BCUT2D eigenvalue weighted by atomic mass is 10.0. The van der Waals surface area contributed by atoms with E-state index in [2.05, 4.69) is 71.4 Å². The normalized spacial score (nSPS) is 13.8. The second kappa shape index (κ2) is 6.20. The van der Waals surface area contributed by atoms with E-state index in [-0.39, 0.29) is 0 Å². The Balaban J connectivity index is 1.68. The van der Waals surface area contributed by atoms with Crippen LogP contribution < -0.4 is 4.90 Å². The van der Waals surface area contributed by atoms with Gasteiger partial charge in [0.05, 0.1) is 0 Å². The molecule has 5 heteroatoms. The second-order valence-corrected chi connectivity index (χ2v) is 7.15. The zero-order valence-corrected chi connectivity index (χ0v) is 15.6. The summed E-state index contributed by atoms with van der Waals surface area (Å²) in [6, 6.07) is 19.0. The molecule has 0 N–H and O–H groups in total. The summed E-state index contributed by atoms with van der Waals surface area (Å²) in [5, 5.41) is 4.80. The minimum Gasteiger partial charge on any atom is -0.326 e. The Bertz CT molecular complexity index is 1130. The van der Waals surface area contributed by atoms with Crippen molar-refractivity contribution in [3.8, 4) is 11.4 Å². The minimum absolute atomic E-state index is 0.642. The fourth-order valence-electron chi connectivity index (χ4n) is 3.76. The molecule has 3 heterocycles. The molecule has 1 aliphatic heterocycles. The van der Waals surface area contributed by atoms with Crippen LogP contribution in [0.2, 0.25) is 0 Å². The predicted octanol–water partition coefficient (Wildman–Crippen LogP) is 4.49. The van der Waals surface area contributed by atoms with Gasteiger partial charge in [-0.2, -0.15) is 9.50 Å². The number of fused-ring (bicyclic) bond motifs is 2. The number of hydrogen-bond donors (Lipinski definition) is 0. The first-order valence-electron chi connectivity index (χ1n) is 9.36. The molecule has 0 saturated heterocycles. The smallest absolute Gasteiger partial charge is 0.254 e. The van der Waals surface area contributed by atoms with Crippen LogP contribution in [0.25, 0.3) is 17.2 Å². The van der Waals surface area contributed by atoms with Gasteiger partial charge in [0.2, 0.25) is 0 Å². The Morgan fingerprint density at radius 1 is 0.926 bits per heavy atom. The van der Waals surface area contributed by atoms with Gasteiger partial charge in [0, 0.05) is 29.6 Å². The van der Waals surface area contributed by atoms with E-state index in [0.717, 1.165) is 36.5 Å². The highest BCUT2D eigenvalue weighted by atomic mass is 15.4. The summed E-state index contributed by atoms with van der Waals surface area (Å²) in [5.41, 5.74) is 5.81. The van der Waals surface area contributed by atoms with Gasteiger partial charge in [0.15, 0.2) is 5.82 Å². The van der Waals surface area contributed by atoms with E-state index in [0.29, 0.717) is 11.6 Å². The van der Waals surface area contributed by atoms with Gasteiger partial charge in [-0.15, -0.1) is 5.10 Å². The van der Waals surface area contributed by atoms with Gasteiger partial charge < -0.3 is 4.90 Å². The maximum Gasteiger partial charge on any atom is 0.254 e. The SMILES string of the molecule is Cc1ccc(-c2nc3nc(C)cc(N4CCCc5ccccc54)n3n2)cc1. The number of aryl methyl sites for hydroxylation is 3. The molecular weight excluding hydrogens is 334 g/mol. The molecule has 27 heavy (non-hydrogen) atoms. The van der Waals surface area contributed by atoms with Crippen molar-refractivity contribution >= 4 is 17.3 Å². The van der Waals surface area contributed by atoms with Crippen molar-refractivity contribution in [2.75, 3.05) is 11.4 Å². The lowest BCUT2D eigenvalue weighted by molar-refractivity contribution is 0.744. The lowest BCUT2D eigenvalue weighted by Gasteiger charge is -2.31. The highest BCUT2D eigenvalue weighted by Gasteiger charge is 2.22. The number of nitrogens with zero attached hydrogens (tertiary/aromatic N) is 5. The monoisotopic (exact) mass is 355 g/mol. The van der Waals surface area contributed by atoms with Gasteiger partial charge >= 0.3 is 0 Å². The first-order valence-corrected chi connectivity index (χ1v) is 9.36. The highest BCUT2D eigenvalue weighted by Crippen LogP contribution is 2.33. The van der Waals surface area contributed by atoms with Crippen molar-refractivity contribution in [3.05, 3.63) is 71.4 Å². The number of rotatable bonds is 2. The van der Waals surface area contributed by atoms with E-state index in [1.807, 2.05) is 11.4 Å². The van der Waals surface area contributed by atoms with Crippen molar-refractivity contribution in [1.82, 2.24) is 19.6 Å². The molecule has 2 aromatic carbocycles. The van der Waals surface area contributed by atoms with E-state index >= 15 is 0 Å². The number of benzene rings is 2. The first-order chi connectivity index (χ1) is 13.2. The molecule has 0 spiro atoms. The summed E-state index contributed by atoms with van der Waals surface area (Å²) >= 11 is 0. The van der Waals surface area contributed by atoms with Crippen LogP contribution in [0.3, 0.4) is 0 Å². The van der Waals surface area contributed by atoms with Crippen LogP contribution in [0.1, 0.15) is 23.2 Å². The van der Waals surface area contributed by atoms with Crippen LogP contribution in [-0.2, 0) is 6.42 Å². The van der Waals surface area contributed by atoms with Gasteiger partial charge in [-0.3, -0.25) is 0 Å². The Morgan fingerprint density at radius 3 is 2.59 bits per heavy atom. The Labute approximate surface area is 158 Å². The van der Waals surface area contributed by atoms with Crippen LogP contribution in [0.4, 0.5) is 11.5 Å². The molecule has 5 rings (SSSR count). The molecule has 0 fully saturated rings. The van der Waals surface area contributed by atoms with Crippen molar-refractivity contribution in [2.45, 2.75) is 26.7 Å². The third-order valence-electron chi connectivity index (χ3n) is 5.12. The van der Waals surface area contributed by atoms with Crippen LogP contribution in [0.15, 0.2) is 54.6 Å². The number of aromatic nitrogens is 4. The second-order valence-electron chi connectivity index (χ2n) is 7.15. The molecule has 0 aliphatic carbocycles. The molecule has 0 atom stereocenters. The molecule has 0 unspecified atom stereocenters. The van der Waals surface area contributed by atoms with E-state index in [9.17, 15) is 0 Å². The summed E-state index contributed by atoms with van der Waals surface area (Å²) in [4.78, 5) is 11.7. The largest absolute Gasteiger partial charge is 0.326 e. The number of anilines is 2. The van der Waals surface area contributed by atoms with Crippen LogP contribution in [0.5, 0.6) is 0 Å². The summed E-state index contributed by atoms with van der Waals surface area (Å²) in [6.07, 6.45) is 2.24. The molecule has 4 aromatic rings. The van der Waals surface area contributed by atoms with Gasteiger partial charge in [0.1, 0.15) is 5.82 Å². The van der Waals surface area contributed by atoms with Crippen LogP contribution >= 0.6 is 0 Å². The van der Waals surface area contributed by atoms with Gasteiger partial charge in [-0.1, -0.05) is 48.0 Å². The fraction of sp³-hybridized carbons (Fsp3) is 0.227. The van der Waals surface area contributed by atoms with E-state index in [1.165, 1.54) is 16.8 Å². The Hall–Kier alpha value is -3.21. The molecular formula is C22H21N5. The maximum atomic E-state index is 4.80. The van der Waals surface area contributed by atoms with Crippen LogP contribution in [0, 0.1) is 13.8 Å². The lowest BCUT2D eigenvalue weighted by Crippen LogP contribution is -2.26. The van der Waals surface area contributed by atoms with E-state index < -0.39 is 0 Å². The van der Waals surface area contributed by atoms with Crippen molar-refractivity contribution in [3.63, 3.8) is 0 Å². The molecule has 0 amide bonds. The average Bonchev–Trinajstić information content (AvgIpc) is 3.11. The highest BCUT2D eigenvalue weighted by molar-refractivity contribution is 5.68. The van der Waals surface area contributed by atoms with E-state index in [4.69, 9.17) is 10.1 Å². The summed E-state index contributed by atoms with van der Waals surface area (Å²) in [7, 11) is 0. The third-order valence-corrected chi connectivity index (χ3v) is 5.12. The molecule has 2 aromatic heterocycles. The zero-order valence-electron chi connectivity index (χ0n) is 15.6. The Morgan fingerprint density at radius 2 is 1.74 bits per heavy atom. The van der Waals surface area contributed by atoms with Gasteiger partial charge in [0.25, 0.3) is 5.78 Å². The third kappa shape index (κ3) is 2.76. The zero-order chi connectivity index (χ0) is 18.4. The minimum atomic E-state index is 0.642. The van der Waals surface area contributed by atoms with Crippen molar-refractivity contribution < 1.29 is 0 Å². The van der Waals surface area contributed by atoms with Crippen molar-refractivity contribution in [1.29, 1.82) is 0 Å². The standard InChI is InChI=1S/C22H21N5/c1-15-9-11-18(12-10-15)21-24-22-23-16(2)14-20(27(22)25-21)26-13-5-7-17-6-3-4-8-19(17)26/h3-4,6,8-12,14H,5,7,13H2,1-2H3. The molecule has 5 nitrogen and oxygen atoms in total. The predicted molar refractivity (Wildman–Crippen MR) is 107 cm³/mol. The molecule has 0 saturated carbocycles. The van der Waals surface area contributed by atoms with Crippen LogP contribution in [-0.4, -0.2) is 26.1 Å². The average molecular weight is 355 g/mol. The molecule has 0 bridgehead atoms. The molecule has 1 aliphatic rings. The number of hydrogen-bond acceptors (Lipinski definition) is 4. The first kappa shape index (κ1) is 16.0. The fourth-order valence-corrected chi connectivity index (χ4v) is 3.76. The van der Waals surface area contributed by atoms with Crippen molar-refractivity contribution in [2.24, 2.45) is 0 Å². The van der Waals surface area contributed by atoms with E-state index in [1.54, 1.807) is 0 Å². The van der Waals surface area contributed by atoms with Gasteiger partial charge in [-0.05, 0) is 38.3 Å². The summed E-state index contributed by atoms with van der Waals surface area (Å²) in [6.45, 7) is 5.06. The Kier molecular flexibility index (Phi) is 3.67. The summed E-state index contributed by atoms with van der Waals surface area (Å²) in [5.74, 6) is 2.37. The summed E-state index contributed by atoms with van der Waals surface area (Å²) < 4.78 is 1.88. The topological polar surface area (TPSA) is 46.3 Å². The molecule has 0 radical (unpaired) electrons. The molecule has 134 valence electrons. The van der Waals surface area contributed by atoms with Gasteiger partial charge in [-0.25, -0.2) is 4.98 Å². The number of para-hydroxylation sites is 1. The maximum absolute atomic E-state index is 4.80.